The molecular weight excluding hydrogens is 214 g/mol. The van der Waals surface area contributed by atoms with Gasteiger partial charge in [0.2, 0.25) is 0 Å². The summed E-state index contributed by atoms with van der Waals surface area (Å²) < 4.78 is 0.267. The lowest BCUT2D eigenvalue weighted by atomic mass is 10.1. The normalized spacial score (nSPS) is 27.9. The maximum Gasteiger partial charge on any atom is 0.306 e. The van der Waals surface area contributed by atoms with Gasteiger partial charge < -0.3 is 15.5 Å². The lowest BCUT2D eigenvalue weighted by Gasteiger charge is -2.23. The van der Waals surface area contributed by atoms with E-state index in [4.69, 9.17) is 5.11 Å². The van der Waals surface area contributed by atoms with Crippen LogP contribution in [0.5, 0.6) is 0 Å². The van der Waals surface area contributed by atoms with Crippen LogP contribution in [0.15, 0.2) is 0 Å². The third-order valence-electron chi connectivity index (χ3n) is 2.59. The molecule has 0 aromatic carbocycles. The number of aliphatic hydroxyl groups is 1. The minimum absolute atomic E-state index is 0.184. The minimum atomic E-state index is -0.953. The van der Waals surface area contributed by atoms with Crippen molar-refractivity contribution >= 4 is 17.7 Å². The van der Waals surface area contributed by atoms with Crippen molar-refractivity contribution in [1.29, 1.82) is 0 Å². The molecule has 2 atom stereocenters. The van der Waals surface area contributed by atoms with Crippen molar-refractivity contribution in [1.82, 2.24) is 5.32 Å². The number of carboxylic acid groups (broad SMARTS) is 1. The number of aliphatic hydroxyl groups excluding tert-OH is 1. The fourth-order valence-corrected chi connectivity index (χ4v) is 3.03. The van der Waals surface area contributed by atoms with Crippen LogP contribution in [-0.4, -0.2) is 45.9 Å². The standard InChI is InChI=1S/C10H19NO3S/c1-10(3-2-4-15-10)7-11-6-8(12)5-9(13)14/h8,11-12H,2-7H2,1H3,(H,13,14). The summed E-state index contributed by atoms with van der Waals surface area (Å²) >= 11 is 1.95. The van der Waals surface area contributed by atoms with E-state index in [2.05, 4.69) is 12.2 Å². The van der Waals surface area contributed by atoms with Gasteiger partial charge in [-0.1, -0.05) is 0 Å². The van der Waals surface area contributed by atoms with Crippen molar-refractivity contribution in [2.24, 2.45) is 0 Å². The first kappa shape index (κ1) is 12.8. The highest BCUT2D eigenvalue weighted by Gasteiger charge is 2.28. The third-order valence-corrected chi connectivity index (χ3v) is 4.13. The van der Waals surface area contributed by atoms with Crippen LogP contribution >= 0.6 is 11.8 Å². The van der Waals surface area contributed by atoms with E-state index in [0.29, 0.717) is 6.54 Å². The summed E-state index contributed by atoms with van der Waals surface area (Å²) in [6.07, 6.45) is 1.48. The molecule has 0 spiro atoms. The molecule has 0 amide bonds. The summed E-state index contributed by atoms with van der Waals surface area (Å²) in [5, 5.41) is 20.9. The van der Waals surface area contributed by atoms with Crippen LogP contribution in [-0.2, 0) is 4.79 Å². The van der Waals surface area contributed by atoms with Gasteiger partial charge in [0.1, 0.15) is 0 Å². The first-order chi connectivity index (χ1) is 7.02. The number of nitrogens with one attached hydrogen (secondary N) is 1. The number of rotatable bonds is 6. The molecular formula is C10H19NO3S. The molecule has 0 aliphatic carbocycles. The van der Waals surface area contributed by atoms with Gasteiger partial charge in [0.05, 0.1) is 12.5 Å². The summed E-state index contributed by atoms with van der Waals surface area (Å²) in [5.41, 5.74) is 0. The molecule has 1 saturated heterocycles. The third kappa shape index (κ3) is 4.86. The van der Waals surface area contributed by atoms with Gasteiger partial charge in [-0.15, -0.1) is 0 Å². The van der Waals surface area contributed by atoms with E-state index in [-0.39, 0.29) is 11.2 Å². The molecule has 1 fully saturated rings. The quantitative estimate of drug-likeness (QED) is 0.630. The van der Waals surface area contributed by atoms with Gasteiger partial charge in [0.25, 0.3) is 0 Å². The second-order valence-electron chi connectivity index (χ2n) is 4.28. The van der Waals surface area contributed by atoms with Crippen LogP contribution in [0.1, 0.15) is 26.2 Å². The zero-order valence-electron chi connectivity index (χ0n) is 9.03. The van der Waals surface area contributed by atoms with E-state index < -0.39 is 12.1 Å². The van der Waals surface area contributed by atoms with Crippen LogP contribution in [0.2, 0.25) is 0 Å². The highest BCUT2D eigenvalue weighted by molar-refractivity contribution is 8.00. The molecule has 1 heterocycles. The van der Waals surface area contributed by atoms with Gasteiger partial charge >= 0.3 is 5.97 Å². The van der Waals surface area contributed by atoms with Crippen molar-refractivity contribution in [2.75, 3.05) is 18.8 Å². The SMILES string of the molecule is CC1(CNCC(O)CC(=O)O)CCCS1. The van der Waals surface area contributed by atoms with Gasteiger partial charge in [-0.3, -0.25) is 4.79 Å². The summed E-state index contributed by atoms with van der Waals surface area (Å²) in [6, 6.07) is 0. The minimum Gasteiger partial charge on any atom is -0.481 e. The molecule has 2 unspecified atom stereocenters. The Morgan fingerprint density at radius 2 is 2.40 bits per heavy atom. The van der Waals surface area contributed by atoms with E-state index in [1.54, 1.807) is 0 Å². The van der Waals surface area contributed by atoms with Crippen LogP contribution in [0, 0.1) is 0 Å². The molecule has 3 N–H and O–H groups in total. The van der Waals surface area contributed by atoms with Gasteiger partial charge in [-0.05, 0) is 25.5 Å². The second kappa shape index (κ2) is 5.72. The smallest absolute Gasteiger partial charge is 0.306 e. The van der Waals surface area contributed by atoms with Crippen LogP contribution < -0.4 is 5.32 Å². The predicted molar refractivity (Wildman–Crippen MR) is 61.2 cm³/mol. The lowest BCUT2D eigenvalue weighted by Crippen LogP contribution is -2.37. The molecule has 88 valence electrons. The lowest BCUT2D eigenvalue weighted by molar-refractivity contribution is -0.139. The van der Waals surface area contributed by atoms with Crippen molar-refractivity contribution in [3.8, 4) is 0 Å². The zero-order valence-corrected chi connectivity index (χ0v) is 9.85. The van der Waals surface area contributed by atoms with Gasteiger partial charge in [-0.25, -0.2) is 0 Å². The maximum absolute atomic E-state index is 10.3. The summed E-state index contributed by atoms with van der Waals surface area (Å²) in [7, 11) is 0. The molecule has 0 radical (unpaired) electrons. The van der Waals surface area contributed by atoms with E-state index in [9.17, 15) is 9.90 Å². The number of aliphatic carboxylic acids is 1. The van der Waals surface area contributed by atoms with E-state index in [0.717, 1.165) is 6.54 Å². The van der Waals surface area contributed by atoms with Crippen LogP contribution in [0.4, 0.5) is 0 Å². The second-order valence-corrected chi connectivity index (χ2v) is 5.97. The average molecular weight is 233 g/mol. The topological polar surface area (TPSA) is 69.6 Å². The molecule has 0 saturated carbocycles. The van der Waals surface area contributed by atoms with Crippen LogP contribution in [0.3, 0.4) is 0 Å². The maximum atomic E-state index is 10.3. The Kier molecular flexibility index (Phi) is 4.89. The number of carbonyl (C=O) groups is 1. The molecule has 15 heavy (non-hydrogen) atoms. The first-order valence-corrected chi connectivity index (χ1v) is 6.25. The molecule has 1 aliphatic rings. The first-order valence-electron chi connectivity index (χ1n) is 5.26. The Morgan fingerprint density at radius 1 is 1.67 bits per heavy atom. The van der Waals surface area contributed by atoms with E-state index >= 15 is 0 Å². The largest absolute Gasteiger partial charge is 0.481 e. The van der Waals surface area contributed by atoms with Crippen molar-refractivity contribution in [3.05, 3.63) is 0 Å². The highest BCUT2D eigenvalue weighted by Crippen LogP contribution is 2.36. The Labute approximate surface area is 94.4 Å². The summed E-state index contributed by atoms with van der Waals surface area (Å²) in [4.78, 5) is 10.3. The van der Waals surface area contributed by atoms with Gasteiger partial charge in [0, 0.05) is 17.8 Å². The Hall–Kier alpha value is -0.260. The average Bonchev–Trinajstić information content (AvgIpc) is 2.51. The van der Waals surface area contributed by atoms with Crippen molar-refractivity contribution < 1.29 is 15.0 Å². The molecule has 1 rings (SSSR count). The summed E-state index contributed by atoms with van der Waals surface area (Å²) in [5.74, 6) is 0.251. The Morgan fingerprint density at radius 3 is 2.93 bits per heavy atom. The molecule has 0 aromatic rings. The number of hydrogen-bond acceptors (Lipinski definition) is 4. The van der Waals surface area contributed by atoms with Crippen molar-refractivity contribution in [2.45, 2.75) is 37.0 Å². The zero-order chi connectivity index (χ0) is 11.3. The van der Waals surface area contributed by atoms with Crippen LogP contribution in [0.25, 0.3) is 0 Å². The predicted octanol–water partition coefficient (Wildman–Crippen LogP) is 0.697. The highest BCUT2D eigenvalue weighted by atomic mass is 32.2. The number of hydrogen-bond donors (Lipinski definition) is 3. The van der Waals surface area contributed by atoms with Gasteiger partial charge in [-0.2, -0.15) is 11.8 Å². The molecule has 4 nitrogen and oxygen atoms in total. The number of carboxylic acids is 1. The van der Waals surface area contributed by atoms with E-state index in [1.165, 1.54) is 18.6 Å². The van der Waals surface area contributed by atoms with Crippen molar-refractivity contribution in [3.63, 3.8) is 0 Å². The fourth-order valence-electron chi connectivity index (χ4n) is 1.75. The molecule has 0 bridgehead atoms. The van der Waals surface area contributed by atoms with E-state index in [1.807, 2.05) is 11.8 Å². The van der Waals surface area contributed by atoms with Gasteiger partial charge in [0.15, 0.2) is 0 Å². The summed E-state index contributed by atoms with van der Waals surface area (Å²) in [6.45, 7) is 3.41. The number of thioether (sulfide) groups is 1. The molecule has 1 aliphatic heterocycles. The fraction of sp³-hybridized carbons (Fsp3) is 0.900. The molecule has 5 heteroatoms. The molecule has 0 aromatic heterocycles. The monoisotopic (exact) mass is 233 g/mol. The Bertz CT molecular complexity index is 217. The Balaban J connectivity index is 2.12.